The molecule has 1 aliphatic rings. The molecule has 1 aliphatic heterocycles. The summed E-state index contributed by atoms with van der Waals surface area (Å²) in [5, 5.41) is 3.29. The van der Waals surface area contributed by atoms with E-state index in [-0.39, 0.29) is 0 Å². The number of rotatable bonds is 3. The van der Waals surface area contributed by atoms with Gasteiger partial charge in [-0.3, -0.25) is 0 Å². The van der Waals surface area contributed by atoms with Gasteiger partial charge in [-0.25, -0.2) is 0 Å². The van der Waals surface area contributed by atoms with Gasteiger partial charge in [-0.05, 0) is 30.7 Å². The monoisotopic (exact) mass is 255 g/mol. The zero-order valence-corrected chi connectivity index (χ0v) is 9.59. The second-order valence-electron chi connectivity index (χ2n) is 3.55. The van der Waals surface area contributed by atoms with Crippen molar-refractivity contribution in [3.05, 3.63) is 34.3 Å². The lowest BCUT2D eigenvalue weighted by molar-refractivity contribution is 0.0542. The highest BCUT2D eigenvalue weighted by Crippen LogP contribution is 2.13. The summed E-state index contributed by atoms with van der Waals surface area (Å²) in [5.41, 5.74) is 1.24. The van der Waals surface area contributed by atoms with Crippen molar-refractivity contribution in [1.29, 1.82) is 0 Å². The van der Waals surface area contributed by atoms with Crippen LogP contribution in [-0.2, 0) is 11.3 Å². The molecule has 1 fully saturated rings. The fourth-order valence-corrected chi connectivity index (χ4v) is 1.83. The normalized spacial score (nSPS) is 21.4. The van der Waals surface area contributed by atoms with Crippen molar-refractivity contribution in [3.8, 4) is 0 Å². The standard InChI is InChI=1S/C11H14BrNO/c12-10-3-1-9(2-4-10)8-14-11-5-6-13-7-11/h1-4,11,13H,5-8H2. The number of nitrogens with one attached hydrogen (secondary N) is 1. The summed E-state index contributed by atoms with van der Waals surface area (Å²) >= 11 is 3.41. The van der Waals surface area contributed by atoms with Gasteiger partial charge in [0.2, 0.25) is 0 Å². The molecule has 1 aromatic rings. The van der Waals surface area contributed by atoms with Crippen LogP contribution in [0.25, 0.3) is 0 Å². The Labute approximate surface area is 92.8 Å². The highest BCUT2D eigenvalue weighted by atomic mass is 79.9. The van der Waals surface area contributed by atoms with E-state index < -0.39 is 0 Å². The first kappa shape index (κ1) is 10.1. The first-order valence-corrected chi connectivity index (χ1v) is 5.70. The number of hydrogen-bond donors (Lipinski definition) is 1. The van der Waals surface area contributed by atoms with Crippen LogP contribution in [0, 0.1) is 0 Å². The maximum atomic E-state index is 5.75. The molecule has 0 bridgehead atoms. The molecule has 76 valence electrons. The zero-order valence-electron chi connectivity index (χ0n) is 8.00. The number of halogens is 1. The molecule has 1 atom stereocenters. The van der Waals surface area contributed by atoms with Crippen LogP contribution in [0.4, 0.5) is 0 Å². The van der Waals surface area contributed by atoms with E-state index >= 15 is 0 Å². The molecule has 1 heterocycles. The molecule has 0 radical (unpaired) electrons. The summed E-state index contributed by atoms with van der Waals surface area (Å²) in [7, 11) is 0. The lowest BCUT2D eigenvalue weighted by Crippen LogP contribution is -2.16. The van der Waals surface area contributed by atoms with Gasteiger partial charge in [0, 0.05) is 11.0 Å². The topological polar surface area (TPSA) is 21.3 Å². The summed E-state index contributed by atoms with van der Waals surface area (Å²) in [6, 6.07) is 8.27. The Morgan fingerprint density at radius 2 is 2.14 bits per heavy atom. The van der Waals surface area contributed by atoms with Crippen molar-refractivity contribution in [2.24, 2.45) is 0 Å². The van der Waals surface area contributed by atoms with Crippen molar-refractivity contribution >= 4 is 15.9 Å². The Morgan fingerprint density at radius 3 is 2.79 bits per heavy atom. The van der Waals surface area contributed by atoms with Crippen LogP contribution in [0.15, 0.2) is 28.7 Å². The van der Waals surface area contributed by atoms with Crippen molar-refractivity contribution in [1.82, 2.24) is 5.32 Å². The average molecular weight is 256 g/mol. The second-order valence-corrected chi connectivity index (χ2v) is 4.47. The molecule has 1 unspecified atom stereocenters. The molecule has 3 heteroatoms. The molecule has 1 N–H and O–H groups in total. The summed E-state index contributed by atoms with van der Waals surface area (Å²) in [6.45, 7) is 2.81. The van der Waals surface area contributed by atoms with Crippen molar-refractivity contribution in [2.75, 3.05) is 13.1 Å². The first-order chi connectivity index (χ1) is 6.84. The van der Waals surface area contributed by atoms with Crippen LogP contribution in [0.3, 0.4) is 0 Å². The maximum absolute atomic E-state index is 5.75. The smallest absolute Gasteiger partial charge is 0.0721 e. The number of benzene rings is 1. The minimum absolute atomic E-state index is 0.402. The maximum Gasteiger partial charge on any atom is 0.0721 e. The zero-order chi connectivity index (χ0) is 9.80. The molecule has 2 rings (SSSR count). The molecular formula is C11H14BrNO. The van der Waals surface area contributed by atoms with E-state index in [2.05, 4.69) is 33.4 Å². The van der Waals surface area contributed by atoms with E-state index in [1.54, 1.807) is 0 Å². The Hall–Kier alpha value is -0.380. The highest BCUT2D eigenvalue weighted by molar-refractivity contribution is 9.10. The Balaban J connectivity index is 1.82. The fourth-order valence-electron chi connectivity index (χ4n) is 1.57. The number of hydrogen-bond acceptors (Lipinski definition) is 2. The van der Waals surface area contributed by atoms with E-state index in [9.17, 15) is 0 Å². The summed E-state index contributed by atoms with van der Waals surface area (Å²) < 4.78 is 6.87. The fraction of sp³-hybridized carbons (Fsp3) is 0.455. The van der Waals surface area contributed by atoms with E-state index in [0.29, 0.717) is 6.10 Å². The third-order valence-corrected chi connectivity index (χ3v) is 2.94. The van der Waals surface area contributed by atoms with Crippen LogP contribution in [0.1, 0.15) is 12.0 Å². The minimum atomic E-state index is 0.402. The van der Waals surface area contributed by atoms with E-state index in [1.807, 2.05) is 12.1 Å². The van der Waals surface area contributed by atoms with E-state index in [4.69, 9.17) is 4.74 Å². The molecular weight excluding hydrogens is 242 g/mol. The van der Waals surface area contributed by atoms with Crippen LogP contribution in [0.2, 0.25) is 0 Å². The van der Waals surface area contributed by atoms with Gasteiger partial charge >= 0.3 is 0 Å². The average Bonchev–Trinajstić information content (AvgIpc) is 2.70. The Kier molecular flexibility index (Phi) is 3.56. The molecule has 0 aliphatic carbocycles. The highest BCUT2D eigenvalue weighted by Gasteiger charge is 2.14. The van der Waals surface area contributed by atoms with Gasteiger partial charge < -0.3 is 10.1 Å². The largest absolute Gasteiger partial charge is 0.372 e. The lowest BCUT2D eigenvalue weighted by Gasteiger charge is -2.10. The number of ether oxygens (including phenoxy) is 1. The molecule has 2 nitrogen and oxygen atoms in total. The van der Waals surface area contributed by atoms with E-state index in [0.717, 1.165) is 30.6 Å². The molecule has 0 saturated carbocycles. The molecule has 1 saturated heterocycles. The first-order valence-electron chi connectivity index (χ1n) is 4.91. The van der Waals surface area contributed by atoms with Crippen molar-refractivity contribution in [2.45, 2.75) is 19.1 Å². The molecule has 0 aromatic heterocycles. The van der Waals surface area contributed by atoms with Crippen molar-refractivity contribution < 1.29 is 4.74 Å². The third-order valence-electron chi connectivity index (χ3n) is 2.41. The van der Waals surface area contributed by atoms with Crippen LogP contribution < -0.4 is 5.32 Å². The van der Waals surface area contributed by atoms with Gasteiger partial charge in [0.1, 0.15) is 0 Å². The molecule has 0 spiro atoms. The van der Waals surface area contributed by atoms with Gasteiger partial charge in [0.25, 0.3) is 0 Å². The summed E-state index contributed by atoms with van der Waals surface area (Å²) in [4.78, 5) is 0. The van der Waals surface area contributed by atoms with Crippen LogP contribution in [0.5, 0.6) is 0 Å². The van der Waals surface area contributed by atoms with Gasteiger partial charge in [-0.15, -0.1) is 0 Å². The summed E-state index contributed by atoms with van der Waals surface area (Å²) in [5.74, 6) is 0. The van der Waals surface area contributed by atoms with Gasteiger partial charge in [0.05, 0.1) is 12.7 Å². The predicted octanol–water partition coefficient (Wildman–Crippen LogP) is 2.33. The van der Waals surface area contributed by atoms with Gasteiger partial charge in [-0.1, -0.05) is 28.1 Å². The van der Waals surface area contributed by atoms with Crippen molar-refractivity contribution in [3.63, 3.8) is 0 Å². The van der Waals surface area contributed by atoms with Crippen LogP contribution in [-0.4, -0.2) is 19.2 Å². The molecule has 14 heavy (non-hydrogen) atoms. The lowest BCUT2D eigenvalue weighted by atomic mass is 10.2. The second kappa shape index (κ2) is 4.91. The Bertz CT molecular complexity index is 280. The SMILES string of the molecule is Brc1ccc(COC2CCNC2)cc1. The van der Waals surface area contributed by atoms with Gasteiger partial charge in [0.15, 0.2) is 0 Å². The quantitative estimate of drug-likeness (QED) is 0.896. The van der Waals surface area contributed by atoms with Crippen LogP contribution >= 0.6 is 15.9 Å². The summed E-state index contributed by atoms with van der Waals surface area (Å²) in [6.07, 6.45) is 1.54. The minimum Gasteiger partial charge on any atom is -0.372 e. The molecule has 1 aromatic carbocycles. The predicted molar refractivity (Wildman–Crippen MR) is 60.2 cm³/mol. The van der Waals surface area contributed by atoms with Gasteiger partial charge in [-0.2, -0.15) is 0 Å². The molecule has 0 amide bonds. The van der Waals surface area contributed by atoms with E-state index in [1.165, 1.54) is 5.56 Å². The Morgan fingerprint density at radius 1 is 1.36 bits per heavy atom. The third kappa shape index (κ3) is 2.80.